The van der Waals surface area contributed by atoms with Gasteiger partial charge in [0.05, 0.1) is 20.3 Å². The molecule has 1 atom stereocenters. The summed E-state index contributed by atoms with van der Waals surface area (Å²) in [5, 5.41) is 0. The lowest BCUT2D eigenvalue weighted by atomic mass is 10.0. The highest BCUT2D eigenvalue weighted by molar-refractivity contribution is 5.78. The standard InChI is InChI=1S/C16H25N3O2/c1-13(11-14-3-5-15(20-2)6-4-14)12-18-16(17)19-7-9-21-10-8-19/h3-6,13H,7-12H2,1-2H3,(H2,17,18). The van der Waals surface area contributed by atoms with E-state index in [0.29, 0.717) is 11.9 Å². The molecule has 0 aromatic heterocycles. The summed E-state index contributed by atoms with van der Waals surface area (Å²) in [6.07, 6.45) is 0.990. The average Bonchev–Trinajstić information content (AvgIpc) is 2.54. The number of guanidine groups is 1. The van der Waals surface area contributed by atoms with E-state index in [-0.39, 0.29) is 0 Å². The number of methoxy groups -OCH3 is 1. The van der Waals surface area contributed by atoms with Crippen LogP contribution in [-0.2, 0) is 11.2 Å². The first-order chi connectivity index (χ1) is 10.2. The molecule has 2 N–H and O–H groups in total. The van der Waals surface area contributed by atoms with Gasteiger partial charge in [0.15, 0.2) is 5.96 Å². The number of aliphatic imine (C=N–C) groups is 1. The van der Waals surface area contributed by atoms with Gasteiger partial charge in [0.25, 0.3) is 0 Å². The van der Waals surface area contributed by atoms with E-state index in [0.717, 1.165) is 45.0 Å². The summed E-state index contributed by atoms with van der Waals surface area (Å²) in [7, 11) is 1.68. The van der Waals surface area contributed by atoms with E-state index in [2.05, 4.69) is 28.9 Å². The normalized spacial score (nSPS) is 17.6. The first-order valence-corrected chi connectivity index (χ1v) is 7.44. The van der Waals surface area contributed by atoms with Crippen LogP contribution in [0.5, 0.6) is 5.75 Å². The summed E-state index contributed by atoms with van der Waals surface area (Å²) >= 11 is 0. The number of benzene rings is 1. The molecule has 1 saturated heterocycles. The number of ether oxygens (including phenoxy) is 2. The first-order valence-electron chi connectivity index (χ1n) is 7.44. The van der Waals surface area contributed by atoms with Crippen molar-refractivity contribution in [2.45, 2.75) is 13.3 Å². The summed E-state index contributed by atoms with van der Waals surface area (Å²) in [6.45, 7) is 6.08. The van der Waals surface area contributed by atoms with Crippen LogP contribution in [0, 0.1) is 5.92 Å². The maximum absolute atomic E-state index is 6.03. The number of nitrogens with zero attached hydrogens (tertiary/aromatic N) is 2. The summed E-state index contributed by atoms with van der Waals surface area (Å²) < 4.78 is 10.5. The molecule has 5 nitrogen and oxygen atoms in total. The van der Waals surface area contributed by atoms with Crippen LogP contribution in [0.25, 0.3) is 0 Å². The van der Waals surface area contributed by atoms with Gasteiger partial charge in [0.2, 0.25) is 0 Å². The van der Waals surface area contributed by atoms with Crippen LogP contribution < -0.4 is 10.5 Å². The molecule has 0 bridgehead atoms. The van der Waals surface area contributed by atoms with Gasteiger partial charge in [0, 0.05) is 19.6 Å². The monoisotopic (exact) mass is 291 g/mol. The SMILES string of the molecule is COc1ccc(CC(C)CN=C(N)N2CCOCC2)cc1. The van der Waals surface area contributed by atoms with Crippen molar-refractivity contribution in [2.24, 2.45) is 16.6 Å². The largest absolute Gasteiger partial charge is 0.497 e. The zero-order valence-corrected chi connectivity index (χ0v) is 12.9. The Labute approximate surface area is 126 Å². The minimum Gasteiger partial charge on any atom is -0.497 e. The highest BCUT2D eigenvalue weighted by atomic mass is 16.5. The third-order valence-electron chi connectivity index (χ3n) is 3.64. The third-order valence-corrected chi connectivity index (χ3v) is 3.64. The van der Waals surface area contributed by atoms with E-state index in [1.165, 1.54) is 5.56 Å². The molecular formula is C16H25N3O2. The fraction of sp³-hybridized carbons (Fsp3) is 0.562. The van der Waals surface area contributed by atoms with Crippen molar-refractivity contribution in [1.29, 1.82) is 0 Å². The Morgan fingerprint density at radius 3 is 2.62 bits per heavy atom. The molecule has 1 unspecified atom stereocenters. The van der Waals surface area contributed by atoms with Gasteiger partial charge in [-0.2, -0.15) is 0 Å². The summed E-state index contributed by atoms with van der Waals surface area (Å²) in [4.78, 5) is 6.60. The van der Waals surface area contributed by atoms with Crippen LogP contribution in [-0.4, -0.2) is 50.8 Å². The second-order valence-electron chi connectivity index (χ2n) is 5.46. The van der Waals surface area contributed by atoms with E-state index < -0.39 is 0 Å². The van der Waals surface area contributed by atoms with Crippen molar-refractivity contribution in [2.75, 3.05) is 40.0 Å². The van der Waals surface area contributed by atoms with Crippen molar-refractivity contribution in [3.63, 3.8) is 0 Å². The van der Waals surface area contributed by atoms with E-state index in [1.54, 1.807) is 7.11 Å². The highest BCUT2D eigenvalue weighted by Crippen LogP contribution is 2.14. The number of hydrogen-bond acceptors (Lipinski definition) is 3. The molecule has 1 aliphatic heterocycles. The number of nitrogens with two attached hydrogens (primary N) is 1. The molecule has 0 amide bonds. The minimum atomic E-state index is 0.456. The van der Waals surface area contributed by atoms with Crippen LogP contribution in [0.15, 0.2) is 29.3 Å². The van der Waals surface area contributed by atoms with Gasteiger partial charge in [-0.05, 0) is 30.0 Å². The Hall–Kier alpha value is -1.75. The van der Waals surface area contributed by atoms with E-state index in [1.807, 2.05) is 12.1 Å². The maximum Gasteiger partial charge on any atom is 0.191 e. The molecule has 0 spiro atoms. The van der Waals surface area contributed by atoms with Gasteiger partial charge >= 0.3 is 0 Å². The van der Waals surface area contributed by atoms with Crippen LogP contribution in [0.2, 0.25) is 0 Å². The van der Waals surface area contributed by atoms with Gasteiger partial charge in [-0.25, -0.2) is 0 Å². The van der Waals surface area contributed by atoms with E-state index in [4.69, 9.17) is 15.2 Å². The van der Waals surface area contributed by atoms with Crippen molar-refractivity contribution in [1.82, 2.24) is 4.90 Å². The van der Waals surface area contributed by atoms with Crippen LogP contribution in [0.4, 0.5) is 0 Å². The minimum absolute atomic E-state index is 0.456. The van der Waals surface area contributed by atoms with Crippen molar-refractivity contribution < 1.29 is 9.47 Å². The predicted octanol–water partition coefficient (Wildman–Crippen LogP) is 1.52. The molecule has 1 aromatic carbocycles. The van der Waals surface area contributed by atoms with Crippen LogP contribution >= 0.6 is 0 Å². The van der Waals surface area contributed by atoms with Crippen molar-refractivity contribution in [3.05, 3.63) is 29.8 Å². The fourth-order valence-electron chi connectivity index (χ4n) is 2.37. The molecule has 1 heterocycles. The Kier molecular flexibility index (Phi) is 5.87. The highest BCUT2D eigenvalue weighted by Gasteiger charge is 2.12. The maximum atomic E-state index is 6.03. The summed E-state index contributed by atoms with van der Waals surface area (Å²) in [5.74, 6) is 1.99. The Bertz CT molecular complexity index is 453. The number of morpholine rings is 1. The van der Waals surface area contributed by atoms with Gasteiger partial charge in [-0.1, -0.05) is 19.1 Å². The lowest BCUT2D eigenvalue weighted by Crippen LogP contribution is -2.45. The smallest absolute Gasteiger partial charge is 0.191 e. The van der Waals surface area contributed by atoms with E-state index >= 15 is 0 Å². The number of hydrogen-bond donors (Lipinski definition) is 1. The molecule has 116 valence electrons. The zero-order chi connectivity index (χ0) is 15.1. The molecule has 0 aliphatic carbocycles. The van der Waals surface area contributed by atoms with Gasteiger partial charge in [-0.15, -0.1) is 0 Å². The van der Waals surface area contributed by atoms with Gasteiger partial charge in [0.1, 0.15) is 5.75 Å². The second-order valence-corrected chi connectivity index (χ2v) is 5.46. The fourth-order valence-corrected chi connectivity index (χ4v) is 2.37. The lowest BCUT2D eigenvalue weighted by molar-refractivity contribution is 0.0674. The Morgan fingerprint density at radius 1 is 1.33 bits per heavy atom. The van der Waals surface area contributed by atoms with E-state index in [9.17, 15) is 0 Å². The lowest BCUT2D eigenvalue weighted by Gasteiger charge is -2.27. The van der Waals surface area contributed by atoms with Crippen LogP contribution in [0.3, 0.4) is 0 Å². The Balaban J connectivity index is 1.81. The molecule has 1 fully saturated rings. The third kappa shape index (κ3) is 4.93. The molecule has 1 aliphatic rings. The van der Waals surface area contributed by atoms with Gasteiger partial charge < -0.3 is 20.1 Å². The quantitative estimate of drug-likeness (QED) is 0.660. The molecule has 2 rings (SSSR count). The van der Waals surface area contributed by atoms with Gasteiger partial charge in [-0.3, -0.25) is 4.99 Å². The molecular weight excluding hydrogens is 266 g/mol. The number of rotatable bonds is 5. The topological polar surface area (TPSA) is 60.1 Å². The second kappa shape index (κ2) is 7.88. The zero-order valence-electron chi connectivity index (χ0n) is 12.9. The molecule has 0 radical (unpaired) electrons. The molecule has 1 aromatic rings. The summed E-state index contributed by atoms with van der Waals surface area (Å²) in [5.41, 5.74) is 7.33. The predicted molar refractivity (Wildman–Crippen MR) is 84.7 cm³/mol. The Morgan fingerprint density at radius 2 is 2.00 bits per heavy atom. The molecule has 5 heteroatoms. The molecule has 21 heavy (non-hydrogen) atoms. The van der Waals surface area contributed by atoms with Crippen molar-refractivity contribution >= 4 is 5.96 Å². The van der Waals surface area contributed by atoms with Crippen LogP contribution in [0.1, 0.15) is 12.5 Å². The summed E-state index contributed by atoms with van der Waals surface area (Å²) in [6, 6.07) is 8.19. The average molecular weight is 291 g/mol. The van der Waals surface area contributed by atoms with Crippen molar-refractivity contribution in [3.8, 4) is 5.75 Å². The molecule has 0 saturated carbocycles. The first kappa shape index (κ1) is 15.6.